The van der Waals surface area contributed by atoms with Crippen molar-refractivity contribution in [3.63, 3.8) is 0 Å². The first-order valence-electron chi connectivity index (χ1n) is 3.68. The molecule has 1 N–H and O–H groups in total. The lowest BCUT2D eigenvalue weighted by Gasteiger charge is -1.84. The fourth-order valence-corrected chi connectivity index (χ4v) is 1.48. The largest absolute Gasteiger partial charge is 0.308 e. The molecule has 0 radical (unpaired) electrons. The van der Waals surface area contributed by atoms with Gasteiger partial charge in [-0.15, -0.1) is 0 Å². The van der Waals surface area contributed by atoms with Crippen molar-refractivity contribution in [2.45, 2.75) is 38.3 Å². The van der Waals surface area contributed by atoms with Crippen LogP contribution in [0.4, 0.5) is 0 Å². The quantitative estimate of drug-likeness (QED) is 0.530. The van der Waals surface area contributed by atoms with Crippen LogP contribution in [-0.2, 0) is 0 Å². The van der Waals surface area contributed by atoms with Crippen LogP contribution in [0.3, 0.4) is 0 Å². The smallest absolute Gasteiger partial charge is 0.0252 e. The molecule has 0 spiro atoms. The van der Waals surface area contributed by atoms with Gasteiger partial charge in [0.25, 0.3) is 0 Å². The fraction of sp³-hybridized carbons (Fsp3) is 1.00. The van der Waals surface area contributed by atoms with Crippen molar-refractivity contribution in [3.8, 4) is 0 Å². The van der Waals surface area contributed by atoms with Crippen LogP contribution < -0.4 is 5.32 Å². The molecule has 0 aromatic carbocycles. The zero-order valence-electron chi connectivity index (χ0n) is 5.35. The summed E-state index contributed by atoms with van der Waals surface area (Å²) in [5.74, 6) is 1.08. The van der Waals surface area contributed by atoms with Gasteiger partial charge >= 0.3 is 0 Å². The van der Waals surface area contributed by atoms with Crippen molar-refractivity contribution < 1.29 is 0 Å². The number of rotatable bonds is 2. The Bertz CT molecular complexity index is 96.6. The Kier molecular flexibility index (Phi) is 0.884. The van der Waals surface area contributed by atoms with Crippen LogP contribution in [0.2, 0.25) is 0 Å². The van der Waals surface area contributed by atoms with E-state index in [4.69, 9.17) is 0 Å². The summed E-state index contributed by atoms with van der Waals surface area (Å²) in [6.45, 7) is 2.26. The molecule has 46 valence electrons. The Morgan fingerprint density at radius 3 is 2.62 bits per heavy atom. The molecule has 1 saturated heterocycles. The summed E-state index contributed by atoms with van der Waals surface area (Å²) in [4.78, 5) is 0. The minimum Gasteiger partial charge on any atom is -0.308 e. The van der Waals surface area contributed by atoms with Crippen molar-refractivity contribution in [3.05, 3.63) is 0 Å². The molecule has 1 aliphatic heterocycles. The molecule has 1 saturated carbocycles. The highest BCUT2D eigenvalue weighted by molar-refractivity contribution is 5.05. The van der Waals surface area contributed by atoms with E-state index < -0.39 is 0 Å². The zero-order chi connectivity index (χ0) is 5.56. The first kappa shape index (κ1) is 4.80. The van der Waals surface area contributed by atoms with E-state index in [-0.39, 0.29) is 0 Å². The van der Waals surface area contributed by atoms with Crippen LogP contribution in [0.25, 0.3) is 0 Å². The molecular weight excluding hydrogens is 98.1 g/mol. The van der Waals surface area contributed by atoms with Gasteiger partial charge in [0, 0.05) is 12.1 Å². The molecule has 0 aromatic heterocycles. The van der Waals surface area contributed by atoms with Crippen molar-refractivity contribution >= 4 is 0 Å². The average molecular weight is 111 g/mol. The SMILES string of the molecule is CC[C@H]1N[C@@H]1C1CC1. The summed E-state index contributed by atoms with van der Waals surface area (Å²) in [5.41, 5.74) is 0. The summed E-state index contributed by atoms with van der Waals surface area (Å²) >= 11 is 0. The lowest BCUT2D eigenvalue weighted by atomic mass is 10.2. The third kappa shape index (κ3) is 0.655. The Labute approximate surface area is 50.5 Å². The average Bonchev–Trinajstić information content (AvgIpc) is 2.62. The molecule has 2 aliphatic rings. The van der Waals surface area contributed by atoms with Gasteiger partial charge in [0.1, 0.15) is 0 Å². The van der Waals surface area contributed by atoms with Gasteiger partial charge in [0.2, 0.25) is 0 Å². The van der Waals surface area contributed by atoms with Gasteiger partial charge in [-0.1, -0.05) is 6.92 Å². The van der Waals surface area contributed by atoms with Gasteiger partial charge in [-0.3, -0.25) is 0 Å². The van der Waals surface area contributed by atoms with Gasteiger partial charge in [-0.25, -0.2) is 0 Å². The van der Waals surface area contributed by atoms with Gasteiger partial charge in [-0.2, -0.15) is 0 Å². The van der Waals surface area contributed by atoms with Crippen molar-refractivity contribution in [1.29, 1.82) is 0 Å². The minimum atomic E-state index is 0.905. The summed E-state index contributed by atoms with van der Waals surface area (Å²) in [6.07, 6.45) is 4.32. The van der Waals surface area contributed by atoms with Gasteiger partial charge in [-0.05, 0) is 25.2 Å². The minimum absolute atomic E-state index is 0.905. The topological polar surface area (TPSA) is 21.9 Å². The third-order valence-corrected chi connectivity index (χ3v) is 2.30. The van der Waals surface area contributed by atoms with E-state index in [9.17, 15) is 0 Å². The highest BCUT2D eigenvalue weighted by Crippen LogP contribution is 2.40. The zero-order valence-corrected chi connectivity index (χ0v) is 5.35. The molecule has 0 unspecified atom stereocenters. The first-order chi connectivity index (χ1) is 3.92. The maximum Gasteiger partial charge on any atom is 0.0252 e. The predicted molar refractivity (Wildman–Crippen MR) is 33.7 cm³/mol. The Hall–Kier alpha value is -0.0400. The van der Waals surface area contributed by atoms with Crippen LogP contribution >= 0.6 is 0 Å². The number of hydrogen-bond acceptors (Lipinski definition) is 1. The van der Waals surface area contributed by atoms with Crippen molar-refractivity contribution in [2.24, 2.45) is 5.92 Å². The molecule has 1 heterocycles. The van der Waals surface area contributed by atoms with Crippen molar-refractivity contribution in [2.75, 3.05) is 0 Å². The molecular formula is C7H13N. The van der Waals surface area contributed by atoms with Crippen molar-refractivity contribution in [1.82, 2.24) is 5.32 Å². The number of nitrogens with one attached hydrogen (secondary N) is 1. The second kappa shape index (κ2) is 1.47. The van der Waals surface area contributed by atoms with E-state index in [2.05, 4.69) is 12.2 Å². The Morgan fingerprint density at radius 2 is 2.25 bits per heavy atom. The van der Waals surface area contributed by atoms with E-state index in [0.29, 0.717) is 0 Å². The molecule has 1 heteroatoms. The second-order valence-corrected chi connectivity index (χ2v) is 3.04. The van der Waals surface area contributed by atoms with E-state index >= 15 is 0 Å². The molecule has 1 nitrogen and oxygen atoms in total. The lowest BCUT2D eigenvalue weighted by Crippen LogP contribution is -1.93. The molecule has 0 amide bonds. The third-order valence-electron chi connectivity index (χ3n) is 2.30. The maximum atomic E-state index is 3.48. The van der Waals surface area contributed by atoms with Crippen LogP contribution in [0.5, 0.6) is 0 Å². The van der Waals surface area contributed by atoms with Crippen LogP contribution in [-0.4, -0.2) is 12.1 Å². The lowest BCUT2D eigenvalue weighted by molar-refractivity contribution is 0.759. The molecule has 1 aliphatic carbocycles. The maximum absolute atomic E-state index is 3.48. The monoisotopic (exact) mass is 111 g/mol. The normalized spacial score (nSPS) is 44.6. The Morgan fingerprint density at radius 1 is 1.50 bits per heavy atom. The highest BCUT2D eigenvalue weighted by atomic mass is 15.2. The summed E-state index contributed by atoms with van der Waals surface area (Å²) in [7, 11) is 0. The van der Waals surface area contributed by atoms with Crippen LogP contribution in [0.15, 0.2) is 0 Å². The first-order valence-corrected chi connectivity index (χ1v) is 3.68. The Balaban J connectivity index is 1.79. The fourth-order valence-electron chi connectivity index (χ4n) is 1.48. The van der Waals surface area contributed by atoms with E-state index in [1.165, 1.54) is 19.3 Å². The molecule has 2 rings (SSSR count). The predicted octanol–water partition coefficient (Wildman–Crippen LogP) is 1.15. The molecule has 8 heavy (non-hydrogen) atoms. The van der Waals surface area contributed by atoms with Crippen LogP contribution in [0.1, 0.15) is 26.2 Å². The molecule has 0 bridgehead atoms. The molecule has 0 aromatic rings. The summed E-state index contributed by atoms with van der Waals surface area (Å²) in [5, 5.41) is 3.48. The highest BCUT2D eigenvalue weighted by Gasteiger charge is 2.45. The van der Waals surface area contributed by atoms with E-state index in [1.807, 2.05) is 0 Å². The second-order valence-electron chi connectivity index (χ2n) is 3.04. The van der Waals surface area contributed by atoms with Gasteiger partial charge in [0.15, 0.2) is 0 Å². The van der Waals surface area contributed by atoms with E-state index in [0.717, 1.165) is 18.0 Å². The van der Waals surface area contributed by atoms with E-state index in [1.54, 1.807) is 0 Å². The van der Waals surface area contributed by atoms with Gasteiger partial charge < -0.3 is 5.32 Å². The molecule has 2 fully saturated rings. The molecule has 2 atom stereocenters. The number of hydrogen-bond donors (Lipinski definition) is 1. The summed E-state index contributed by atoms with van der Waals surface area (Å²) in [6, 6.07) is 1.85. The van der Waals surface area contributed by atoms with Gasteiger partial charge in [0.05, 0.1) is 0 Å². The standard InChI is InChI=1S/C7H13N/c1-2-6-7(8-6)5-3-4-5/h5-8H,2-4H2,1H3/t6-,7-/m1/s1. The summed E-state index contributed by atoms with van der Waals surface area (Å²) < 4.78 is 0. The van der Waals surface area contributed by atoms with Crippen LogP contribution in [0, 0.1) is 5.92 Å².